The number of aryl methyl sites for hydroxylation is 2. The maximum Gasteiger partial charge on any atom is 0.294 e. The quantitative estimate of drug-likeness (QED) is 0.703. The van der Waals surface area contributed by atoms with Gasteiger partial charge in [-0.1, -0.05) is 29.0 Å². The van der Waals surface area contributed by atoms with Gasteiger partial charge >= 0.3 is 0 Å². The van der Waals surface area contributed by atoms with Crippen molar-refractivity contribution in [1.82, 2.24) is 4.57 Å². The molecule has 0 aliphatic carbocycles. The Morgan fingerprint density at radius 2 is 2.05 bits per heavy atom. The molecular weight excluding hydrogens is 348 g/mol. The lowest BCUT2D eigenvalue weighted by Gasteiger charge is -2.02. The van der Waals surface area contributed by atoms with Gasteiger partial charge in [-0.3, -0.25) is 0 Å². The molecule has 0 saturated heterocycles. The van der Waals surface area contributed by atoms with Gasteiger partial charge in [-0.05, 0) is 36.1 Å². The van der Waals surface area contributed by atoms with Gasteiger partial charge in [-0.15, -0.1) is 15.7 Å². The van der Waals surface area contributed by atoms with E-state index in [0.29, 0.717) is 9.82 Å². The number of benzene rings is 1. The van der Waals surface area contributed by atoms with Gasteiger partial charge in [0, 0.05) is 12.1 Å². The van der Waals surface area contributed by atoms with Crippen LogP contribution in [0.1, 0.15) is 5.56 Å². The monoisotopic (exact) mass is 358 g/mol. The van der Waals surface area contributed by atoms with Gasteiger partial charge in [0.05, 0.1) is 10.2 Å². The highest BCUT2D eigenvalue weighted by Gasteiger charge is 2.15. The highest BCUT2D eigenvalue weighted by atomic mass is 35.5. The lowest BCUT2D eigenvalue weighted by molar-refractivity contribution is 0.598. The third-order valence-corrected chi connectivity index (χ3v) is 7.36. The summed E-state index contributed by atoms with van der Waals surface area (Å²) in [6, 6.07) is 6.94. The molecule has 21 heavy (non-hydrogen) atoms. The number of rotatable bonds is 2. The van der Waals surface area contributed by atoms with Crippen LogP contribution in [0.4, 0.5) is 0 Å². The number of nitrogens with zero attached hydrogens (tertiary/aromatic N) is 2. The summed E-state index contributed by atoms with van der Waals surface area (Å²) in [6.45, 7) is 1.91. The zero-order valence-corrected chi connectivity index (χ0v) is 14.4. The third kappa shape index (κ3) is 2.55. The molecule has 110 valence electrons. The molecule has 0 unspecified atom stereocenters. The van der Waals surface area contributed by atoms with Gasteiger partial charge in [0.2, 0.25) is 4.80 Å². The van der Waals surface area contributed by atoms with Crippen molar-refractivity contribution in [3.63, 3.8) is 0 Å². The topological polar surface area (TPSA) is 51.4 Å². The first-order valence-corrected chi connectivity index (χ1v) is 9.51. The number of aromatic nitrogens is 1. The van der Waals surface area contributed by atoms with E-state index in [0.717, 1.165) is 27.1 Å². The molecule has 0 saturated carbocycles. The van der Waals surface area contributed by atoms with Crippen LogP contribution in [0.2, 0.25) is 5.02 Å². The van der Waals surface area contributed by atoms with Crippen LogP contribution in [-0.4, -0.2) is 13.0 Å². The summed E-state index contributed by atoms with van der Waals surface area (Å²) in [5, 5.41) is 2.38. The van der Waals surface area contributed by atoms with Crippen LogP contribution in [0.5, 0.6) is 0 Å². The normalized spacial score (nSPS) is 13.2. The predicted octanol–water partition coefficient (Wildman–Crippen LogP) is 3.55. The van der Waals surface area contributed by atoms with E-state index in [1.54, 1.807) is 29.1 Å². The first-order chi connectivity index (χ1) is 9.90. The van der Waals surface area contributed by atoms with E-state index >= 15 is 0 Å². The van der Waals surface area contributed by atoms with E-state index in [4.69, 9.17) is 11.6 Å². The van der Waals surface area contributed by atoms with E-state index in [1.807, 2.05) is 19.1 Å². The number of thiophene rings is 1. The third-order valence-electron chi connectivity index (χ3n) is 3.10. The summed E-state index contributed by atoms with van der Waals surface area (Å²) in [7, 11) is -1.87. The average molecular weight is 359 g/mol. The molecular formula is C13H11ClN2O2S3. The summed E-state index contributed by atoms with van der Waals surface area (Å²) in [6.07, 6.45) is 0. The second-order valence-corrected chi connectivity index (χ2v) is 8.66. The average Bonchev–Trinajstić information content (AvgIpc) is 3.04. The first-order valence-electron chi connectivity index (χ1n) is 5.99. The summed E-state index contributed by atoms with van der Waals surface area (Å²) >= 11 is 8.62. The van der Waals surface area contributed by atoms with Crippen molar-refractivity contribution in [2.24, 2.45) is 11.4 Å². The predicted molar refractivity (Wildman–Crippen MR) is 87.6 cm³/mol. The minimum Gasteiger partial charge on any atom is -0.319 e. The van der Waals surface area contributed by atoms with E-state index in [1.165, 1.54) is 11.3 Å². The minimum atomic E-state index is -3.66. The lowest BCUT2D eigenvalue weighted by Crippen LogP contribution is -2.13. The van der Waals surface area contributed by atoms with Gasteiger partial charge in [-0.2, -0.15) is 8.42 Å². The molecule has 2 aromatic heterocycles. The molecule has 0 spiro atoms. The maximum atomic E-state index is 12.3. The van der Waals surface area contributed by atoms with Crippen molar-refractivity contribution >= 4 is 54.5 Å². The summed E-state index contributed by atoms with van der Waals surface area (Å²) < 4.78 is 31.4. The molecule has 8 heteroatoms. The maximum absolute atomic E-state index is 12.3. The summed E-state index contributed by atoms with van der Waals surface area (Å²) in [4.78, 5) is 0.434. The van der Waals surface area contributed by atoms with E-state index in [2.05, 4.69) is 4.40 Å². The molecule has 0 aliphatic heterocycles. The number of hydrogen-bond donors (Lipinski definition) is 0. The standard InChI is InChI=1S/C13H11ClN2O2S3/c1-8-9(14)5-6-10-12(8)16(2)13(20-10)15-21(17,18)11-4-3-7-19-11/h3-7H,1-2H3/b15-13-. The van der Waals surface area contributed by atoms with Crippen LogP contribution in [0.25, 0.3) is 10.2 Å². The smallest absolute Gasteiger partial charge is 0.294 e. The van der Waals surface area contributed by atoms with E-state index in [9.17, 15) is 8.42 Å². The Balaban J connectivity index is 2.30. The molecule has 2 heterocycles. The fraction of sp³-hybridized carbons (Fsp3) is 0.154. The highest BCUT2D eigenvalue weighted by Crippen LogP contribution is 2.27. The molecule has 0 amide bonds. The van der Waals surface area contributed by atoms with Crippen molar-refractivity contribution in [3.8, 4) is 0 Å². The molecule has 1 aromatic carbocycles. The van der Waals surface area contributed by atoms with Crippen LogP contribution >= 0.6 is 34.3 Å². The van der Waals surface area contributed by atoms with E-state index < -0.39 is 10.0 Å². The number of thiazole rings is 1. The second-order valence-electron chi connectivity index (χ2n) is 4.46. The molecule has 0 bridgehead atoms. The SMILES string of the molecule is Cc1c(Cl)ccc2s/c(=N\S(=O)(=O)c3cccs3)n(C)c12. The molecule has 0 radical (unpaired) electrons. The molecule has 4 nitrogen and oxygen atoms in total. The van der Waals surface area contributed by atoms with E-state index in [-0.39, 0.29) is 4.21 Å². The zero-order valence-electron chi connectivity index (χ0n) is 11.2. The molecule has 0 aliphatic rings. The summed E-state index contributed by atoms with van der Waals surface area (Å²) in [5.74, 6) is 0. The fourth-order valence-corrected chi connectivity index (χ4v) is 5.48. The van der Waals surface area contributed by atoms with Crippen LogP contribution < -0.4 is 4.80 Å². The van der Waals surface area contributed by atoms with Crippen molar-refractivity contribution in [2.75, 3.05) is 0 Å². The van der Waals surface area contributed by atoms with Crippen LogP contribution in [0, 0.1) is 6.92 Å². The van der Waals surface area contributed by atoms with Crippen LogP contribution in [0.15, 0.2) is 38.3 Å². The number of halogens is 1. The van der Waals surface area contributed by atoms with Gasteiger partial charge in [0.15, 0.2) is 0 Å². The second kappa shape index (κ2) is 5.24. The molecule has 3 aromatic rings. The van der Waals surface area contributed by atoms with Gasteiger partial charge in [0.25, 0.3) is 10.0 Å². The highest BCUT2D eigenvalue weighted by molar-refractivity contribution is 7.92. The van der Waals surface area contributed by atoms with Gasteiger partial charge in [-0.25, -0.2) is 0 Å². The Morgan fingerprint density at radius 3 is 2.71 bits per heavy atom. The van der Waals surface area contributed by atoms with Gasteiger partial charge < -0.3 is 4.57 Å². The summed E-state index contributed by atoms with van der Waals surface area (Å²) in [5.41, 5.74) is 1.83. The first kappa shape index (κ1) is 14.8. The minimum absolute atomic E-state index is 0.245. The van der Waals surface area contributed by atoms with Gasteiger partial charge in [0.1, 0.15) is 4.21 Å². The Bertz CT molecular complexity index is 983. The zero-order chi connectivity index (χ0) is 15.2. The number of fused-ring (bicyclic) bond motifs is 1. The number of hydrogen-bond acceptors (Lipinski definition) is 4. The molecule has 3 rings (SSSR count). The van der Waals surface area contributed by atoms with Crippen molar-refractivity contribution in [2.45, 2.75) is 11.1 Å². The van der Waals surface area contributed by atoms with Crippen LogP contribution in [-0.2, 0) is 17.1 Å². The molecule has 0 N–H and O–H groups in total. The Labute approximate surface area is 135 Å². The largest absolute Gasteiger partial charge is 0.319 e. The van der Waals surface area contributed by atoms with Crippen molar-refractivity contribution in [1.29, 1.82) is 0 Å². The number of sulfonamides is 1. The van der Waals surface area contributed by atoms with Crippen molar-refractivity contribution < 1.29 is 8.42 Å². The van der Waals surface area contributed by atoms with Crippen molar-refractivity contribution in [3.05, 3.63) is 45.0 Å². The Hall–Kier alpha value is -1.15. The fourth-order valence-electron chi connectivity index (χ4n) is 2.05. The lowest BCUT2D eigenvalue weighted by atomic mass is 10.2. The molecule has 0 fully saturated rings. The Morgan fingerprint density at radius 1 is 1.29 bits per heavy atom. The Kier molecular flexibility index (Phi) is 3.69. The van der Waals surface area contributed by atoms with Crippen LogP contribution in [0.3, 0.4) is 0 Å². The molecule has 0 atom stereocenters.